The van der Waals surface area contributed by atoms with Crippen LogP contribution in [0.4, 0.5) is 0 Å². The van der Waals surface area contributed by atoms with Gasteiger partial charge in [0.1, 0.15) is 0 Å². The minimum Gasteiger partial charge on any atom is -0.493 e. The van der Waals surface area contributed by atoms with Gasteiger partial charge >= 0.3 is 0 Å². The Labute approximate surface area is 166 Å². The molecule has 0 radical (unpaired) electrons. The number of methoxy groups -OCH3 is 2. The molecule has 1 fully saturated rings. The monoisotopic (exact) mass is 405 g/mol. The summed E-state index contributed by atoms with van der Waals surface area (Å²) in [7, 11) is -0.642. The fourth-order valence-corrected chi connectivity index (χ4v) is 5.20. The van der Waals surface area contributed by atoms with Crippen molar-refractivity contribution in [3.63, 3.8) is 0 Å². The molecular formula is C21H27NO5S. The standard InChI is InChI=1S/C21H27NO5S/c1-26-19-9-8-18(14-20(19)27-2)28(24,25)22-12-10-21(16-23,11-13-22)15-17-6-4-3-5-7-17/h3-9,14,23H,10-13,15-16H2,1-2H3. The summed E-state index contributed by atoms with van der Waals surface area (Å²) in [5.74, 6) is 0.872. The zero-order valence-electron chi connectivity index (χ0n) is 16.3. The number of aliphatic hydroxyl groups excluding tert-OH is 1. The maximum atomic E-state index is 13.1. The van der Waals surface area contributed by atoms with Crippen molar-refractivity contribution in [2.45, 2.75) is 24.2 Å². The first-order valence-corrected chi connectivity index (χ1v) is 10.8. The average Bonchev–Trinajstić information content (AvgIpc) is 2.74. The highest BCUT2D eigenvalue weighted by atomic mass is 32.2. The van der Waals surface area contributed by atoms with E-state index in [1.807, 2.05) is 30.3 Å². The van der Waals surface area contributed by atoms with Crippen LogP contribution in [-0.2, 0) is 16.4 Å². The molecular weight excluding hydrogens is 378 g/mol. The Morgan fingerprint density at radius 2 is 1.64 bits per heavy atom. The molecule has 0 amide bonds. The fourth-order valence-electron chi connectivity index (χ4n) is 3.75. The Morgan fingerprint density at radius 3 is 2.21 bits per heavy atom. The van der Waals surface area contributed by atoms with Gasteiger partial charge in [0.05, 0.1) is 19.1 Å². The van der Waals surface area contributed by atoms with Gasteiger partial charge in [-0.1, -0.05) is 30.3 Å². The summed E-state index contributed by atoms with van der Waals surface area (Å²) in [6, 6.07) is 14.7. The van der Waals surface area contributed by atoms with Crippen LogP contribution in [0.3, 0.4) is 0 Å². The molecule has 1 aliphatic rings. The minimum atomic E-state index is -3.63. The van der Waals surface area contributed by atoms with Crippen molar-refractivity contribution in [3.05, 3.63) is 54.1 Å². The fraction of sp³-hybridized carbons (Fsp3) is 0.429. The molecule has 0 saturated carbocycles. The van der Waals surface area contributed by atoms with Crippen molar-refractivity contribution < 1.29 is 23.0 Å². The number of benzene rings is 2. The quantitative estimate of drug-likeness (QED) is 0.767. The Kier molecular flexibility index (Phi) is 6.27. The number of aliphatic hydroxyl groups is 1. The highest BCUT2D eigenvalue weighted by Crippen LogP contribution is 2.37. The smallest absolute Gasteiger partial charge is 0.243 e. The summed E-state index contributed by atoms with van der Waals surface area (Å²) < 4.78 is 38.1. The number of hydrogen-bond acceptors (Lipinski definition) is 5. The minimum absolute atomic E-state index is 0.0478. The maximum Gasteiger partial charge on any atom is 0.243 e. The third-order valence-corrected chi connectivity index (χ3v) is 7.43. The second-order valence-corrected chi connectivity index (χ2v) is 9.18. The molecule has 0 atom stereocenters. The Hall–Kier alpha value is -2.09. The topological polar surface area (TPSA) is 76.1 Å². The summed E-state index contributed by atoms with van der Waals surface area (Å²) >= 11 is 0. The van der Waals surface area contributed by atoms with Gasteiger partial charge in [-0.15, -0.1) is 0 Å². The molecule has 3 rings (SSSR count). The van der Waals surface area contributed by atoms with Gasteiger partial charge in [0.2, 0.25) is 10.0 Å². The lowest BCUT2D eigenvalue weighted by Crippen LogP contribution is -2.45. The van der Waals surface area contributed by atoms with Crippen LogP contribution in [-0.4, -0.2) is 51.7 Å². The van der Waals surface area contributed by atoms with Crippen LogP contribution in [0.2, 0.25) is 0 Å². The van der Waals surface area contributed by atoms with Crippen molar-refractivity contribution >= 4 is 10.0 Å². The van der Waals surface area contributed by atoms with Crippen LogP contribution in [0.15, 0.2) is 53.4 Å². The molecule has 0 spiro atoms. The molecule has 0 unspecified atom stereocenters. The van der Waals surface area contributed by atoms with E-state index in [2.05, 4.69) is 0 Å². The molecule has 2 aromatic carbocycles. The third-order valence-electron chi connectivity index (χ3n) is 5.53. The van der Waals surface area contributed by atoms with E-state index < -0.39 is 10.0 Å². The number of ether oxygens (including phenoxy) is 2. The molecule has 1 heterocycles. The van der Waals surface area contributed by atoms with Crippen LogP contribution in [0, 0.1) is 5.41 Å². The highest BCUT2D eigenvalue weighted by molar-refractivity contribution is 7.89. The zero-order chi connectivity index (χ0) is 20.2. The Bertz CT molecular complexity index is 890. The lowest BCUT2D eigenvalue weighted by atomic mass is 9.75. The number of sulfonamides is 1. The van der Waals surface area contributed by atoms with E-state index in [0.717, 1.165) is 12.0 Å². The molecule has 7 heteroatoms. The van der Waals surface area contributed by atoms with Gasteiger partial charge < -0.3 is 14.6 Å². The van der Waals surface area contributed by atoms with Crippen molar-refractivity contribution in [1.82, 2.24) is 4.31 Å². The Morgan fingerprint density at radius 1 is 1.00 bits per heavy atom. The van der Waals surface area contributed by atoms with Crippen LogP contribution in [0.5, 0.6) is 11.5 Å². The second kappa shape index (κ2) is 8.51. The largest absolute Gasteiger partial charge is 0.493 e. The number of piperidine rings is 1. The van der Waals surface area contributed by atoms with Crippen molar-refractivity contribution in [3.8, 4) is 11.5 Å². The zero-order valence-corrected chi connectivity index (χ0v) is 17.1. The van der Waals surface area contributed by atoms with Gasteiger partial charge in [-0.3, -0.25) is 0 Å². The molecule has 152 valence electrons. The van der Waals surface area contributed by atoms with Crippen LogP contribution >= 0.6 is 0 Å². The van der Waals surface area contributed by atoms with Gasteiger partial charge in [0, 0.05) is 25.8 Å². The number of nitrogens with zero attached hydrogens (tertiary/aromatic N) is 1. The molecule has 1 N–H and O–H groups in total. The molecule has 1 saturated heterocycles. The lowest BCUT2D eigenvalue weighted by Gasteiger charge is -2.40. The number of rotatable bonds is 7. The van der Waals surface area contributed by atoms with E-state index in [4.69, 9.17) is 9.47 Å². The summed E-state index contributed by atoms with van der Waals surface area (Å²) in [5.41, 5.74) is 0.873. The van der Waals surface area contributed by atoms with Crippen LogP contribution in [0.1, 0.15) is 18.4 Å². The Balaban J connectivity index is 1.76. The van der Waals surface area contributed by atoms with E-state index >= 15 is 0 Å². The predicted molar refractivity (Wildman–Crippen MR) is 107 cm³/mol. The summed E-state index contributed by atoms with van der Waals surface area (Å²) in [5, 5.41) is 10.0. The van der Waals surface area contributed by atoms with Crippen molar-refractivity contribution in [2.75, 3.05) is 33.9 Å². The van der Waals surface area contributed by atoms with E-state index in [1.54, 1.807) is 6.07 Å². The van der Waals surface area contributed by atoms with Crippen molar-refractivity contribution in [2.24, 2.45) is 5.41 Å². The lowest BCUT2D eigenvalue weighted by molar-refractivity contribution is 0.0684. The van der Waals surface area contributed by atoms with Gasteiger partial charge in [0.15, 0.2) is 11.5 Å². The predicted octanol–water partition coefficient (Wildman–Crippen LogP) is 2.71. The van der Waals surface area contributed by atoms with E-state index in [0.29, 0.717) is 37.4 Å². The first-order chi connectivity index (χ1) is 13.4. The van der Waals surface area contributed by atoms with E-state index in [9.17, 15) is 13.5 Å². The normalized spacial score (nSPS) is 17.2. The van der Waals surface area contributed by atoms with Gasteiger partial charge in [-0.05, 0) is 42.4 Å². The van der Waals surface area contributed by atoms with E-state index in [-0.39, 0.29) is 16.9 Å². The van der Waals surface area contributed by atoms with Crippen molar-refractivity contribution in [1.29, 1.82) is 0 Å². The highest BCUT2D eigenvalue weighted by Gasteiger charge is 2.38. The maximum absolute atomic E-state index is 13.1. The second-order valence-electron chi connectivity index (χ2n) is 7.24. The van der Waals surface area contributed by atoms with E-state index in [1.165, 1.54) is 30.7 Å². The summed E-state index contributed by atoms with van der Waals surface area (Å²) in [6.07, 6.45) is 1.98. The molecule has 28 heavy (non-hydrogen) atoms. The molecule has 0 aromatic heterocycles. The molecule has 0 bridgehead atoms. The molecule has 2 aromatic rings. The van der Waals surface area contributed by atoms with Crippen LogP contribution < -0.4 is 9.47 Å². The van der Waals surface area contributed by atoms with Gasteiger partial charge in [0.25, 0.3) is 0 Å². The van der Waals surface area contributed by atoms with Gasteiger partial charge in [-0.2, -0.15) is 4.31 Å². The molecule has 0 aliphatic carbocycles. The molecule has 6 nitrogen and oxygen atoms in total. The number of hydrogen-bond donors (Lipinski definition) is 1. The summed E-state index contributed by atoms with van der Waals surface area (Å²) in [6.45, 7) is 0.806. The molecule has 1 aliphatic heterocycles. The van der Waals surface area contributed by atoms with Gasteiger partial charge in [-0.25, -0.2) is 8.42 Å². The average molecular weight is 406 g/mol. The summed E-state index contributed by atoms with van der Waals surface area (Å²) in [4.78, 5) is 0.185. The first kappa shape index (κ1) is 20.6. The first-order valence-electron chi connectivity index (χ1n) is 9.31. The van der Waals surface area contributed by atoms with Crippen LogP contribution in [0.25, 0.3) is 0 Å². The SMILES string of the molecule is COc1ccc(S(=O)(=O)N2CCC(CO)(Cc3ccccc3)CC2)cc1OC. The third kappa shape index (κ3) is 4.16.